The highest BCUT2D eigenvalue weighted by molar-refractivity contribution is 5.95. The van der Waals surface area contributed by atoms with Crippen molar-refractivity contribution in [2.24, 2.45) is 11.6 Å². The van der Waals surface area contributed by atoms with Crippen LogP contribution in [0.25, 0.3) is 0 Å². The molecule has 0 aromatic heterocycles. The average molecular weight is 262 g/mol. The average Bonchev–Trinajstić information content (AvgIpc) is 2.42. The number of benzene rings is 1. The Morgan fingerprint density at radius 1 is 1.47 bits per heavy atom. The number of hydrogen-bond acceptors (Lipinski definition) is 4. The molecule has 1 aliphatic rings. The second-order valence-electron chi connectivity index (χ2n) is 4.72. The van der Waals surface area contributed by atoms with Gasteiger partial charge in [0.05, 0.1) is 0 Å². The molecule has 0 fully saturated rings. The van der Waals surface area contributed by atoms with Crippen LogP contribution in [0.2, 0.25) is 0 Å². The molecule has 19 heavy (non-hydrogen) atoms. The number of rotatable bonds is 3. The molecule has 6 heteroatoms. The summed E-state index contributed by atoms with van der Waals surface area (Å²) in [5.74, 6) is 4.87. The molecule has 0 radical (unpaired) electrons. The van der Waals surface area contributed by atoms with Crippen LogP contribution in [-0.2, 0) is 16.0 Å². The van der Waals surface area contributed by atoms with Crippen molar-refractivity contribution in [2.45, 2.75) is 25.3 Å². The number of carbonyl (C=O) groups is 2. The summed E-state index contributed by atoms with van der Waals surface area (Å²) >= 11 is 0. The number of carbonyl (C=O) groups excluding carboxylic acids is 2. The van der Waals surface area contributed by atoms with E-state index in [2.05, 4.69) is 5.43 Å². The summed E-state index contributed by atoms with van der Waals surface area (Å²) in [4.78, 5) is 24.5. The van der Waals surface area contributed by atoms with Crippen LogP contribution in [0.1, 0.15) is 30.0 Å². The minimum absolute atomic E-state index is 0.118. The minimum atomic E-state index is -0.392. The fourth-order valence-corrected chi connectivity index (χ4v) is 2.28. The highest BCUT2D eigenvalue weighted by atomic mass is 16.2. The Kier molecular flexibility index (Phi) is 3.82. The molecule has 1 unspecified atom stereocenters. The summed E-state index contributed by atoms with van der Waals surface area (Å²) in [6.07, 6.45) is 1.36. The Labute approximate surface area is 111 Å². The first kappa shape index (κ1) is 13.5. The van der Waals surface area contributed by atoms with Crippen molar-refractivity contribution in [1.29, 1.82) is 0 Å². The summed E-state index contributed by atoms with van der Waals surface area (Å²) < 4.78 is 0. The van der Waals surface area contributed by atoms with Gasteiger partial charge in [0.25, 0.3) is 0 Å². The van der Waals surface area contributed by atoms with Crippen LogP contribution < -0.4 is 21.9 Å². The number of nitrogens with one attached hydrogen (secondary N) is 1. The molecule has 1 aliphatic heterocycles. The lowest BCUT2D eigenvalue weighted by Crippen LogP contribution is -2.33. The van der Waals surface area contributed by atoms with E-state index in [1.54, 1.807) is 11.9 Å². The summed E-state index contributed by atoms with van der Waals surface area (Å²) in [6, 6.07) is 5.30. The molecular formula is C13H18N4O2. The second-order valence-corrected chi connectivity index (χ2v) is 4.72. The van der Waals surface area contributed by atoms with Gasteiger partial charge in [-0.1, -0.05) is 12.1 Å². The highest BCUT2D eigenvalue weighted by Gasteiger charge is 2.22. The largest absolute Gasteiger partial charge is 0.324 e. The molecule has 0 saturated heterocycles. The normalized spacial score (nSPS) is 15.9. The third-order valence-corrected chi connectivity index (χ3v) is 3.44. The van der Waals surface area contributed by atoms with E-state index in [0.717, 1.165) is 16.8 Å². The molecule has 2 amide bonds. The van der Waals surface area contributed by atoms with Gasteiger partial charge in [0.15, 0.2) is 0 Å². The predicted molar refractivity (Wildman–Crippen MR) is 72.0 cm³/mol. The number of hydrogen-bond donors (Lipinski definition) is 3. The molecule has 0 aliphatic carbocycles. The van der Waals surface area contributed by atoms with Gasteiger partial charge >= 0.3 is 0 Å². The van der Waals surface area contributed by atoms with Gasteiger partial charge < -0.3 is 10.6 Å². The lowest BCUT2D eigenvalue weighted by atomic mass is 9.95. The van der Waals surface area contributed by atoms with E-state index in [9.17, 15) is 9.59 Å². The zero-order valence-corrected chi connectivity index (χ0v) is 10.8. The number of fused-ring (bicyclic) bond motifs is 1. The quantitative estimate of drug-likeness (QED) is 0.404. The first-order valence-corrected chi connectivity index (χ1v) is 6.17. The van der Waals surface area contributed by atoms with Crippen molar-refractivity contribution in [3.05, 3.63) is 29.3 Å². The van der Waals surface area contributed by atoms with Crippen molar-refractivity contribution >= 4 is 17.5 Å². The lowest BCUT2D eigenvalue weighted by molar-refractivity contribution is -0.121. The van der Waals surface area contributed by atoms with E-state index in [0.29, 0.717) is 12.8 Å². The van der Waals surface area contributed by atoms with Crippen molar-refractivity contribution in [3.63, 3.8) is 0 Å². The maximum absolute atomic E-state index is 11.6. The molecule has 5 N–H and O–H groups in total. The monoisotopic (exact) mass is 262 g/mol. The minimum Gasteiger partial charge on any atom is -0.324 e. The van der Waals surface area contributed by atoms with E-state index < -0.39 is 6.04 Å². The predicted octanol–water partition coefficient (Wildman–Crippen LogP) is -0.0246. The van der Waals surface area contributed by atoms with E-state index in [1.165, 1.54) is 0 Å². The molecule has 0 saturated carbocycles. The molecule has 0 spiro atoms. The van der Waals surface area contributed by atoms with Gasteiger partial charge in [-0.25, -0.2) is 5.84 Å². The first-order chi connectivity index (χ1) is 9.02. The number of hydrazine groups is 1. The van der Waals surface area contributed by atoms with Gasteiger partial charge in [-0.3, -0.25) is 15.0 Å². The standard InChI is InChI=1S/C13H18N4O2/c1-17-11-4-2-8(10(14)7-12(18)16-15)6-9(11)3-5-13(17)19/h2,4,6,10H,3,5,7,14-15H2,1H3,(H,16,18). The molecule has 6 nitrogen and oxygen atoms in total. The third kappa shape index (κ3) is 2.74. The molecule has 1 aromatic carbocycles. The van der Waals surface area contributed by atoms with Crippen LogP contribution in [-0.4, -0.2) is 18.9 Å². The van der Waals surface area contributed by atoms with E-state index in [4.69, 9.17) is 11.6 Å². The summed E-state index contributed by atoms with van der Waals surface area (Å²) in [6.45, 7) is 0. The van der Waals surface area contributed by atoms with Crippen LogP contribution in [0, 0.1) is 0 Å². The molecule has 1 heterocycles. The van der Waals surface area contributed by atoms with Gasteiger partial charge in [0.2, 0.25) is 11.8 Å². The summed E-state index contributed by atoms with van der Waals surface area (Å²) in [5.41, 5.74) is 10.9. The molecule has 1 aromatic rings. The number of amides is 2. The van der Waals surface area contributed by atoms with Crippen molar-refractivity contribution in [1.82, 2.24) is 5.43 Å². The number of aryl methyl sites for hydroxylation is 1. The summed E-state index contributed by atoms with van der Waals surface area (Å²) in [5, 5.41) is 0. The van der Waals surface area contributed by atoms with Crippen LogP contribution in [0.5, 0.6) is 0 Å². The van der Waals surface area contributed by atoms with Crippen LogP contribution >= 0.6 is 0 Å². The second kappa shape index (κ2) is 5.38. The van der Waals surface area contributed by atoms with Crippen LogP contribution in [0.4, 0.5) is 5.69 Å². The van der Waals surface area contributed by atoms with Gasteiger partial charge in [-0.05, 0) is 23.6 Å². The molecule has 102 valence electrons. The van der Waals surface area contributed by atoms with Crippen molar-refractivity contribution in [3.8, 4) is 0 Å². The fourth-order valence-electron chi connectivity index (χ4n) is 2.28. The molecular weight excluding hydrogens is 244 g/mol. The topological polar surface area (TPSA) is 101 Å². The Hall–Kier alpha value is -1.92. The summed E-state index contributed by atoms with van der Waals surface area (Å²) in [7, 11) is 1.77. The Morgan fingerprint density at radius 3 is 2.89 bits per heavy atom. The van der Waals surface area contributed by atoms with E-state index in [-0.39, 0.29) is 18.2 Å². The SMILES string of the molecule is CN1C(=O)CCc2cc(C(N)CC(=O)NN)ccc21. The maximum atomic E-state index is 11.6. The van der Waals surface area contributed by atoms with Crippen LogP contribution in [0.3, 0.4) is 0 Å². The molecule has 0 bridgehead atoms. The fraction of sp³-hybridized carbons (Fsp3) is 0.385. The number of nitrogens with two attached hydrogens (primary N) is 2. The Morgan fingerprint density at radius 2 is 2.21 bits per heavy atom. The zero-order chi connectivity index (χ0) is 14.0. The molecule has 1 atom stereocenters. The number of anilines is 1. The highest BCUT2D eigenvalue weighted by Crippen LogP contribution is 2.29. The van der Waals surface area contributed by atoms with Gasteiger partial charge in [-0.15, -0.1) is 0 Å². The smallest absolute Gasteiger partial charge is 0.235 e. The van der Waals surface area contributed by atoms with Gasteiger partial charge in [0.1, 0.15) is 0 Å². The van der Waals surface area contributed by atoms with E-state index >= 15 is 0 Å². The van der Waals surface area contributed by atoms with Crippen molar-refractivity contribution < 1.29 is 9.59 Å². The van der Waals surface area contributed by atoms with Crippen molar-refractivity contribution in [2.75, 3.05) is 11.9 Å². The Balaban J connectivity index is 2.22. The zero-order valence-electron chi connectivity index (χ0n) is 10.8. The Bertz CT molecular complexity index is 515. The number of nitrogens with zero attached hydrogens (tertiary/aromatic N) is 1. The molecule has 2 rings (SSSR count). The van der Waals surface area contributed by atoms with Crippen LogP contribution in [0.15, 0.2) is 18.2 Å². The van der Waals surface area contributed by atoms with Gasteiger partial charge in [-0.2, -0.15) is 0 Å². The third-order valence-electron chi connectivity index (χ3n) is 3.44. The maximum Gasteiger partial charge on any atom is 0.235 e. The van der Waals surface area contributed by atoms with Gasteiger partial charge in [0, 0.05) is 31.6 Å². The first-order valence-electron chi connectivity index (χ1n) is 6.17. The lowest BCUT2D eigenvalue weighted by Gasteiger charge is -2.26. The van der Waals surface area contributed by atoms with E-state index in [1.807, 2.05) is 18.2 Å².